The molecule has 1 aromatic carbocycles. The van der Waals surface area contributed by atoms with E-state index >= 15 is 0 Å². The van der Waals surface area contributed by atoms with E-state index in [0.717, 1.165) is 11.3 Å². The topological polar surface area (TPSA) is 80.1 Å². The molecule has 2 heterocycles. The standard InChI is InChI=1S/C17H21N5O2/c1-11(2)21-10-19-20-16(21)9-18-17(24)15-8-13-6-4-5-7-14(13)22(15)12(3)23/h4-7,10-11,15H,8-9H2,1-3H3,(H,18,24)/t15-/m0/s1. The van der Waals surface area contributed by atoms with Gasteiger partial charge in [0.05, 0.1) is 6.54 Å². The number of fused-ring (bicyclic) bond motifs is 1. The van der Waals surface area contributed by atoms with E-state index in [9.17, 15) is 9.59 Å². The SMILES string of the molecule is CC(=O)N1c2ccccc2C[C@H]1C(=O)NCc1nncn1C(C)C. The summed E-state index contributed by atoms with van der Waals surface area (Å²) in [6.07, 6.45) is 2.18. The van der Waals surface area contributed by atoms with E-state index in [-0.39, 0.29) is 24.4 Å². The van der Waals surface area contributed by atoms with Gasteiger partial charge >= 0.3 is 0 Å². The summed E-state index contributed by atoms with van der Waals surface area (Å²) in [5.74, 6) is 0.383. The lowest BCUT2D eigenvalue weighted by Gasteiger charge is -2.23. The fourth-order valence-electron chi connectivity index (χ4n) is 3.09. The molecule has 126 valence electrons. The third-order valence-electron chi connectivity index (χ3n) is 4.24. The van der Waals surface area contributed by atoms with Crippen molar-refractivity contribution >= 4 is 17.5 Å². The first-order valence-corrected chi connectivity index (χ1v) is 8.03. The summed E-state index contributed by atoms with van der Waals surface area (Å²) >= 11 is 0. The Hall–Kier alpha value is -2.70. The Labute approximate surface area is 140 Å². The first-order chi connectivity index (χ1) is 11.5. The Morgan fingerprint density at radius 1 is 1.33 bits per heavy atom. The minimum absolute atomic E-state index is 0.134. The smallest absolute Gasteiger partial charge is 0.243 e. The van der Waals surface area contributed by atoms with Gasteiger partial charge in [-0.05, 0) is 25.5 Å². The molecular formula is C17H21N5O2. The van der Waals surface area contributed by atoms with Gasteiger partial charge in [0.15, 0.2) is 5.82 Å². The number of rotatable bonds is 4. The van der Waals surface area contributed by atoms with Crippen LogP contribution in [0.5, 0.6) is 0 Å². The summed E-state index contributed by atoms with van der Waals surface area (Å²) in [6.45, 7) is 5.83. The van der Waals surface area contributed by atoms with Gasteiger partial charge in [-0.3, -0.25) is 14.5 Å². The van der Waals surface area contributed by atoms with Crippen molar-refractivity contribution < 1.29 is 9.59 Å². The molecule has 0 fully saturated rings. The van der Waals surface area contributed by atoms with Gasteiger partial charge in [-0.1, -0.05) is 18.2 Å². The van der Waals surface area contributed by atoms with Gasteiger partial charge in [-0.25, -0.2) is 0 Å². The van der Waals surface area contributed by atoms with Gasteiger partial charge < -0.3 is 9.88 Å². The Balaban J connectivity index is 1.73. The highest BCUT2D eigenvalue weighted by molar-refractivity contribution is 6.02. The van der Waals surface area contributed by atoms with Crippen LogP contribution in [0.3, 0.4) is 0 Å². The van der Waals surface area contributed by atoms with Crippen molar-refractivity contribution in [3.05, 3.63) is 42.0 Å². The van der Waals surface area contributed by atoms with E-state index in [0.29, 0.717) is 12.2 Å². The number of amides is 2. The minimum atomic E-state index is -0.518. The van der Waals surface area contributed by atoms with Crippen molar-refractivity contribution in [3.8, 4) is 0 Å². The minimum Gasteiger partial charge on any atom is -0.347 e. The normalized spacial score (nSPS) is 16.3. The number of carbonyl (C=O) groups excluding carboxylic acids is 2. The van der Waals surface area contributed by atoms with Crippen LogP contribution in [-0.4, -0.2) is 32.6 Å². The van der Waals surface area contributed by atoms with Crippen LogP contribution in [0.1, 0.15) is 38.2 Å². The molecular weight excluding hydrogens is 306 g/mol. The van der Waals surface area contributed by atoms with Crippen molar-refractivity contribution in [2.45, 2.75) is 45.8 Å². The van der Waals surface area contributed by atoms with Crippen LogP contribution in [0.25, 0.3) is 0 Å². The maximum Gasteiger partial charge on any atom is 0.243 e. The van der Waals surface area contributed by atoms with Gasteiger partial charge in [-0.2, -0.15) is 0 Å². The van der Waals surface area contributed by atoms with Crippen LogP contribution in [0.15, 0.2) is 30.6 Å². The number of hydrogen-bond donors (Lipinski definition) is 1. The van der Waals surface area contributed by atoms with Crippen LogP contribution in [0.2, 0.25) is 0 Å². The van der Waals surface area contributed by atoms with E-state index < -0.39 is 6.04 Å². The molecule has 7 heteroatoms. The van der Waals surface area contributed by atoms with Crippen molar-refractivity contribution in [1.29, 1.82) is 0 Å². The highest BCUT2D eigenvalue weighted by Gasteiger charge is 2.36. The lowest BCUT2D eigenvalue weighted by Crippen LogP contribution is -2.47. The molecule has 0 saturated carbocycles. The van der Waals surface area contributed by atoms with Gasteiger partial charge in [0.1, 0.15) is 12.4 Å². The third-order valence-corrected chi connectivity index (χ3v) is 4.24. The van der Waals surface area contributed by atoms with Gasteiger partial charge in [0.25, 0.3) is 0 Å². The number of hydrogen-bond acceptors (Lipinski definition) is 4. The lowest BCUT2D eigenvalue weighted by atomic mass is 10.1. The summed E-state index contributed by atoms with van der Waals surface area (Å²) in [5.41, 5.74) is 1.83. The molecule has 2 aromatic rings. The van der Waals surface area contributed by atoms with E-state index in [1.54, 1.807) is 11.2 Å². The average molecular weight is 327 g/mol. The number of benzene rings is 1. The van der Waals surface area contributed by atoms with Gasteiger partial charge in [-0.15, -0.1) is 10.2 Å². The molecule has 2 amide bonds. The predicted octanol–water partition coefficient (Wildman–Crippen LogP) is 1.45. The summed E-state index contributed by atoms with van der Waals surface area (Å²) in [5, 5.41) is 10.8. The van der Waals surface area contributed by atoms with Crippen LogP contribution in [0, 0.1) is 0 Å². The van der Waals surface area contributed by atoms with E-state index in [1.807, 2.05) is 42.7 Å². The molecule has 7 nitrogen and oxygen atoms in total. The average Bonchev–Trinajstić information content (AvgIpc) is 3.16. The van der Waals surface area contributed by atoms with Crippen molar-refractivity contribution in [2.24, 2.45) is 0 Å². The zero-order valence-corrected chi connectivity index (χ0v) is 14.1. The fourth-order valence-corrected chi connectivity index (χ4v) is 3.09. The Morgan fingerprint density at radius 3 is 2.79 bits per heavy atom. The molecule has 24 heavy (non-hydrogen) atoms. The molecule has 0 aliphatic carbocycles. The van der Waals surface area contributed by atoms with Crippen LogP contribution in [-0.2, 0) is 22.6 Å². The Kier molecular flexibility index (Phi) is 4.33. The van der Waals surface area contributed by atoms with Crippen molar-refractivity contribution in [1.82, 2.24) is 20.1 Å². The second-order valence-electron chi connectivity index (χ2n) is 6.20. The predicted molar refractivity (Wildman–Crippen MR) is 89.3 cm³/mol. The van der Waals surface area contributed by atoms with Gasteiger partial charge in [0.2, 0.25) is 11.8 Å². The summed E-state index contributed by atoms with van der Waals surface area (Å²) in [4.78, 5) is 26.2. The van der Waals surface area contributed by atoms with E-state index in [2.05, 4.69) is 15.5 Å². The fraction of sp³-hybridized carbons (Fsp3) is 0.412. The molecule has 0 bridgehead atoms. The second kappa shape index (κ2) is 6.43. The summed E-state index contributed by atoms with van der Waals surface area (Å²) in [6, 6.07) is 7.32. The molecule has 0 radical (unpaired) electrons. The maximum absolute atomic E-state index is 12.6. The van der Waals surface area contributed by atoms with Crippen LogP contribution >= 0.6 is 0 Å². The number of aromatic nitrogens is 3. The molecule has 1 aliphatic rings. The molecule has 0 saturated heterocycles. The van der Waals surface area contributed by atoms with E-state index in [4.69, 9.17) is 0 Å². The molecule has 1 aliphatic heterocycles. The zero-order valence-electron chi connectivity index (χ0n) is 14.1. The first kappa shape index (κ1) is 16.2. The maximum atomic E-state index is 12.6. The molecule has 0 spiro atoms. The highest BCUT2D eigenvalue weighted by atomic mass is 16.2. The van der Waals surface area contributed by atoms with Crippen molar-refractivity contribution in [3.63, 3.8) is 0 Å². The van der Waals surface area contributed by atoms with Crippen LogP contribution < -0.4 is 10.2 Å². The first-order valence-electron chi connectivity index (χ1n) is 8.03. The number of carbonyl (C=O) groups is 2. The number of anilines is 1. The quantitative estimate of drug-likeness (QED) is 0.922. The van der Waals surface area contributed by atoms with Crippen molar-refractivity contribution in [2.75, 3.05) is 4.90 Å². The van der Waals surface area contributed by atoms with Gasteiger partial charge in [0, 0.05) is 25.1 Å². The number of para-hydroxylation sites is 1. The Morgan fingerprint density at radius 2 is 2.08 bits per heavy atom. The molecule has 0 unspecified atom stereocenters. The number of nitrogens with one attached hydrogen (secondary N) is 1. The van der Waals surface area contributed by atoms with E-state index in [1.165, 1.54) is 6.92 Å². The second-order valence-corrected chi connectivity index (χ2v) is 6.20. The largest absolute Gasteiger partial charge is 0.347 e. The number of nitrogens with zero attached hydrogens (tertiary/aromatic N) is 4. The third kappa shape index (κ3) is 2.89. The molecule has 1 atom stereocenters. The zero-order chi connectivity index (χ0) is 17.3. The summed E-state index contributed by atoms with van der Waals surface area (Å²) in [7, 11) is 0. The molecule has 1 N–H and O–H groups in total. The lowest BCUT2D eigenvalue weighted by molar-refractivity contribution is -0.125. The summed E-state index contributed by atoms with van der Waals surface area (Å²) < 4.78 is 1.91. The van der Waals surface area contributed by atoms with Crippen LogP contribution in [0.4, 0.5) is 5.69 Å². The molecule has 1 aromatic heterocycles. The highest BCUT2D eigenvalue weighted by Crippen LogP contribution is 2.32. The Bertz CT molecular complexity index is 768. The monoisotopic (exact) mass is 327 g/mol. The molecule has 3 rings (SSSR count).